The first-order valence-electron chi connectivity index (χ1n) is 10.2. The van der Waals surface area contributed by atoms with Crippen molar-refractivity contribution in [1.29, 1.82) is 0 Å². The molecule has 2 N–H and O–H groups in total. The average molecular weight is 418 g/mol. The molecule has 5 heterocycles. The van der Waals surface area contributed by atoms with Gasteiger partial charge in [0, 0.05) is 56.0 Å². The summed E-state index contributed by atoms with van der Waals surface area (Å²) in [4.78, 5) is 17.9. The van der Waals surface area contributed by atoms with Crippen LogP contribution in [0.3, 0.4) is 0 Å². The highest BCUT2D eigenvalue weighted by atomic mass is 19.3. The van der Waals surface area contributed by atoms with Crippen molar-refractivity contribution in [2.45, 2.75) is 25.9 Å². The van der Waals surface area contributed by atoms with Gasteiger partial charge in [-0.3, -0.25) is 0 Å². The van der Waals surface area contributed by atoms with E-state index < -0.39 is 6.61 Å². The molecule has 2 aromatic heterocycles. The number of hydrogen-bond donors (Lipinski definition) is 1. The van der Waals surface area contributed by atoms with Crippen LogP contribution >= 0.6 is 0 Å². The summed E-state index contributed by atoms with van der Waals surface area (Å²) in [6, 6.07) is 3.34. The first-order valence-corrected chi connectivity index (χ1v) is 10.2. The summed E-state index contributed by atoms with van der Waals surface area (Å²) >= 11 is 0. The van der Waals surface area contributed by atoms with Gasteiger partial charge in [-0.25, -0.2) is 9.97 Å². The van der Waals surface area contributed by atoms with Crippen molar-refractivity contribution >= 4 is 17.6 Å². The minimum atomic E-state index is -2.98. The van der Waals surface area contributed by atoms with Crippen molar-refractivity contribution in [3.63, 3.8) is 0 Å². The zero-order valence-corrected chi connectivity index (χ0v) is 16.6. The largest absolute Gasteiger partial charge is 0.431 e. The molecular formula is C20H24F2N6O2. The molecule has 1 atom stereocenters. The molecular weight excluding hydrogens is 394 g/mol. The van der Waals surface area contributed by atoms with Crippen LogP contribution in [0.5, 0.6) is 5.75 Å². The molecule has 8 nitrogen and oxygen atoms in total. The lowest BCUT2D eigenvalue weighted by Gasteiger charge is -2.32. The van der Waals surface area contributed by atoms with Crippen LogP contribution in [0, 0.1) is 5.41 Å². The Balaban J connectivity index is 1.50. The molecule has 0 amide bonds. The van der Waals surface area contributed by atoms with Crippen LogP contribution in [0.1, 0.15) is 19.3 Å². The zero-order chi connectivity index (χ0) is 20.7. The maximum Gasteiger partial charge on any atom is 0.387 e. The van der Waals surface area contributed by atoms with E-state index >= 15 is 0 Å². The molecule has 0 aliphatic carbocycles. The number of halogens is 2. The number of aromatic nitrogens is 3. The van der Waals surface area contributed by atoms with E-state index in [4.69, 9.17) is 15.5 Å². The summed E-state index contributed by atoms with van der Waals surface area (Å²) in [6.45, 7) is 2.22. The third-order valence-electron chi connectivity index (χ3n) is 6.18. The monoisotopic (exact) mass is 418 g/mol. The van der Waals surface area contributed by atoms with Crippen molar-refractivity contribution in [1.82, 2.24) is 15.0 Å². The predicted molar refractivity (Wildman–Crippen MR) is 108 cm³/mol. The Morgan fingerprint density at radius 2 is 2.00 bits per heavy atom. The summed E-state index contributed by atoms with van der Waals surface area (Å²) < 4.78 is 35.6. The van der Waals surface area contributed by atoms with E-state index in [9.17, 15) is 8.78 Å². The van der Waals surface area contributed by atoms with Crippen LogP contribution in [-0.2, 0) is 4.74 Å². The Bertz CT molecular complexity index is 934. The van der Waals surface area contributed by atoms with Crippen LogP contribution in [0.15, 0.2) is 18.3 Å². The van der Waals surface area contributed by atoms with Crippen molar-refractivity contribution in [2.75, 3.05) is 54.9 Å². The second-order valence-corrected chi connectivity index (χ2v) is 8.21. The van der Waals surface area contributed by atoms with Gasteiger partial charge in [0.2, 0.25) is 5.95 Å². The van der Waals surface area contributed by atoms with Gasteiger partial charge in [0.1, 0.15) is 5.82 Å². The Morgan fingerprint density at radius 1 is 1.13 bits per heavy atom. The molecule has 0 saturated carbocycles. The Labute approximate surface area is 173 Å². The average Bonchev–Trinajstić information content (AvgIpc) is 3.32. The van der Waals surface area contributed by atoms with E-state index in [0.717, 1.165) is 64.5 Å². The zero-order valence-electron chi connectivity index (χ0n) is 16.6. The third-order valence-corrected chi connectivity index (χ3v) is 6.18. The second kappa shape index (κ2) is 7.50. The lowest BCUT2D eigenvalue weighted by molar-refractivity contribution is -0.0494. The molecule has 0 radical (unpaired) electrons. The highest BCUT2D eigenvalue weighted by Crippen LogP contribution is 2.40. The topological polar surface area (TPSA) is 89.6 Å². The van der Waals surface area contributed by atoms with E-state index in [1.165, 1.54) is 12.3 Å². The van der Waals surface area contributed by atoms with E-state index in [1.807, 2.05) is 6.07 Å². The maximum atomic E-state index is 12.7. The van der Waals surface area contributed by atoms with Gasteiger partial charge in [-0.2, -0.15) is 13.8 Å². The molecule has 2 aromatic rings. The van der Waals surface area contributed by atoms with E-state index in [2.05, 4.69) is 24.5 Å². The molecule has 5 rings (SSSR count). The van der Waals surface area contributed by atoms with Crippen LogP contribution < -0.4 is 20.3 Å². The molecule has 1 unspecified atom stereocenters. The van der Waals surface area contributed by atoms with Crippen molar-refractivity contribution in [3.05, 3.63) is 18.3 Å². The lowest BCUT2D eigenvalue weighted by Crippen LogP contribution is -2.38. The van der Waals surface area contributed by atoms with Crippen molar-refractivity contribution in [2.24, 2.45) is 5.41 Å². The molecule has 3 aliphatic rings. The first kappa shape index (κ1) is 19.2. The minimum absolute atomic E-state index is 0.0842. The van der Waals surface area contributed by atoms with Crippen LogP contribution in [0.4, 0.5) is 26.4 Å². The van der Waals surface area contributed by atoms with E-state index in [0.29, 0.717) is 17.2 Å². The molecule has 0 aromatic carbocycles. The Hall–Kier alpha value is -2.75. The normalized spacial score (nSPS) is 23.4. The highest BCUT2D eigenvalue weighted by molar-refractivity contribution is 5.68. The van der Waals surface area contributed by atoms with Gasteiger partial charge in [0.25, 0.3) is 0 Å². The number of hydrogen-bond acceptors (Lipinski definition) is 8. The molecule has 10 heteroatoms. The summed E-state index contributed by atoms with van der Waals surface area (Å²) in [5.41, 5.74) is 7.05. The van der Waals surface area contributed by atoms with Gasteiger partial charge in [0.15, 0.2) is 11.6 Å². The van der Waals surface area contributed by atoms with Crippen molar-refractivity contribution < 1.29 is 18.3 Å². The summed E-state index contributed by atoms with van der Waals surface area (Å²) in [5, 5.41) is 0. The molecule has 160 valence electrons. The van der Waals surface area contributed by atoms with Gasteiger partial charge in [-0.15, -0.1) is 0 Å². The van der Waals surface area contributed by atoms with Crippen molar-refractivity contribution in [3.8, 4) is 17.0 Å². The summed E-state index contributed by atoms with van der Waals surface area (Å²) in [7, 11) is 0. The van der Waals surface area contributed by atoms with Crippen LogP contribution in [0.2, 0.25) is 0 Å². The predicted octanol–water partition coefficient (Wildman–Crippen LogP) is 2.55. The quantitative estimate of drug-likeness (QED) is 0.793. The summed E-state index contributed by atoms with van der Waals surface area (Å²) in [5.74, 6) is 1.24. The van der Waals surface area contributed by atoms with Gasteiger partial charge < -0.3 is 25.0 Å². The number of nitrogen functional groups attached to an aromatic ring is 1. The number of ether oxygens (including phenoxy) is 2. The fourth-order valence-corrected chi connectivity index (χ4v) is 4.28. The van der Waals surface area contributed by atoms with Gasteiger partial charge in [-0.05, 0) is 25.3 Å². The third kappa shape index (κ3) is 3.60. The molecule has 1 spiro atoms. The Morgan fingerprint density at radius 3 is 2.70 bits per heavy atom. The van der Waals surface area contributed by atoms with Crippen LogP contribution in [0.25, 0.3) is 11.3 Å². The number of nitrogens with zero attached hydrogens (tertiary/aromatic N) is 5. The fraction of sp³-hybridized carbons (Fsp3) is 0.550. The first-order chi connectivity index (χ1) is 14.5. The number of pyridine rings is 1. The standard InChI is InChI=1S/C20H24F2N6O2/c21-18(22)30-15-8-13(10-24-17(15)23)14-9-16(26-19(25-14)27-4-1-5-27)28-6-2-20(11-28)3-7-29-12-20/h8-10,18H,1-7,11-12H2,(H2,23,24). The number of anilines is 3. The number of alkyl halides is 2. The Kier molecular flexibility index (Phi) is 4.80. The van der Waals surface area contributed by atoms with Gasteiger partial charge in [-0.1, -0.05) is 0 Å². The number of nitrogens with two attached hydrogens (primary N) is 1. The second-order valence-electron chi connectivity index (χ2n) is 8.21. The van der Waals surface area contributed by atoms with Gasteiger partial charge in [0.05, 0.1) is 12.3 Å². The minimum Gasteiger partial charge on any atom is -0.431 e. The SMILES string of the molecule is Nc1ncc(-c2cc(N3CCC4(CCOC4)C3)nc(N3CCC3)n2)cc1OC(F)F. The maximum absolute atomic E-state index is 12.7. The lowest BCUT2D eigenvalue weighted by atomic mass is 9.87. The van der Waals surface area contributed by atoms with E-state index in [1.54, 1.807) is 0 Å². The molecule has 3 saturated heterocycles. The summed E-state index contributed by atoms with van der Waals surface area (Å²) in [6.07, 6.45) is 4.76. The fourth-order valence-electron chi connectivity index (χ4n) is 4.28. The molecule has 30 heavy (non-hydrogen) atoms. The van der Waals surface area contributed by atoms with Crippen LogP contribution in [-0.4, -0.2) is 61.0 Å². The molecule has 3 fully saturated rings. The highest BCUT2D eigenvalue weighted by Gasteiger charge is 2.42. The van der Waals surface area contributed by atoms with Gasteiger partial charge >= 0.3 is 6.61 Å². The molecule has 3 aliphatic heterocycles. The molecule has 0 bridgehead atoms. The smallest absolute Gasteiger partial charge is 0.387 e. The number of rotatable bonds is 5. The van der Waals surface area contributed by atoms with E-state index in [-0.39, 0.29) is 17.0 Å².